The number of rotatable bonds is 9. The quantitative estimate of drug-likeness (QED) is 0.381. The Morgan fingerprint density at radius 2 is 1.61 bits per heavy atom. The standard InChI is InChI=1S/C25H27NO5/c1-6-31-25(27)16(2)23(20-13-9-11-17-10-7-8-12-19(17)20)26-18-14-21(28-3)24(30-5)22(15-18)29-4/h7-15,23,26H,2,6H2,1,3-5H3. The van der Waals surface area contributed by atoms with E-state index in [1.807, 2.05) is 42.5 Å². The molecule has 0 aliphatic heterocycles. The van der Waals surface area contributed by atoms with Crippen molar-refractivity contribution in [3.63, 3.8) is 0 Å². The fourth-order valence-electron chi connectivity index (χ4n) is 3.53. The summed E-state index contributed by atoms with van der Waals surface area (Å²) in [6.07, 6.45) is 0. The Morgan fingerprint density at radius 1 is 0.968 bits per heavy atom. The van der Waals surface area contributed by atoms with Crippen molar-refractivity contribution in [1.82, 2.24) is 0 Å². The van der Waals surface area contributed by atoms with E-state index in [0.29, 0.717) is 28.5 Å². The second-order valence-corrected chi connectivity index (χ2v) is 6.81. The Kier molecular flexibility index (Phi) is 7.03. The monoisotopic (exact) mass is 421 g/mol. The molecule has 3 rings (SSSR count). The summed E-state index contributed by atoms with van der Waals surface area (Å²) in [4.78, 5) is 12.6. The Bertz CT molecular complexity index is 1060. The second kappa shape index (κ2) is 9.89. The van der Waals surface area contributed by atoms with E-state index in [0.717, 1.165) is 16.3 Å². The molecule has 162 valence electrons. The number of hydrogen-bond acceptors (Lipinski definition) is 6. The van der Waals surface area contributed by atoms with Crippen LogP contribution in [0.5, 0.6) is 17.2 Å². The van der Waals surface area contributed by atoms with Crippen LogP contribution in [0.3, 0.4) is 0 Å². The van der Waals surface area contributed by atoms with Gasteiger partial charge in [-0.15, -0.1) is 0 Å². The van der Waals surface area contributed by atoms with Gasteiger partial charge in [0, 0.05) is 17.8 Å². The molecule has 0 aliphatic carbocycles. The number of nitrogens with one attached hydrogen (secondary N) is 1. The molecule has 3 aromatic rings. The number of carbonyl (C=O) groups excluding carboxylic acids is 1. The van der Waals surface area contributed by atoms with Crippen LogP contribution in [0.4, 0.5) is 5.69 Å². The highest BCUT2D eigenvalue weighted by Crippen LogP contribution is 2.41. The lowest BCUT2D eigenvalue weighted by Gasteiger charge is -2.24. The van der Waals surface area contributed by atoms with E-state index in [4.69, 9.17) is 18.9 Å². The van der Waals surface area contributed by atoms with Crippen molar-refractivity contribution in [1.29, 1.82) is 0 Å². The first-order valence-electron chi connectivity index (χ1n) is 9.94. The molecule has 0 saturated heterocycles. The van der Waals surface area contributed by atoms with E-state index >= 15 is 0 Å². The Balaban J connectivity index is 2.12. The van der Waals surface area contributed by atoms with E-state index < -0.39 is 12.0 Å². The van der Waals surface area contributed by atoms with Crippen LogP contribution in [-0.4, -0.2) is 33.9 Å². The summed E-state index contributed by atoms with van der Waals surface area (Å²) in [5.74, 6) is 1.03. The Labute approximate surface area is 182 Å². The summed E-state index contributed by atoms with van der Waals surface area (Å²) in [6.45, 7) is 6.08. The number of benzene rings is 3. The first-order valence-corrected chi connectivity index (χ1v) is 9.94. The van der Waals surface area contributed by atoms with Crippen LogP contribution in [0.2, 0.25) is 0 Å². The minimum atomic E-state index is -0.534. The zero-order valence-electron chi connectivity index (χ0n) is 18.2. The van der Waals surface area contributed by atoms with Gasteiger partial charge in [-0.2, -0.15) is 0 Å². The van der Waals surface area contributed by atoms with Gasteiger partial charge in [0.1, 0.15) is 0 Å². The summed E-state index contributed by atoms with van der Waals surface area (Å²) in [5, 5.41) is 5.49. The van der Waals surface area contributed by atoms with Gasteiger partial charge in [0.15, 0.2) is 11.5 Å². The highest BCUT2D eigenvalue weighted by atomic mass is 16.5. The molecule has 1 unspecified atom stereocenters. The normalized spacial score (nSPS) is 11.5. The minimum Gasteiger partial charge on any atom is -0.493 e. The van der Waals surface area contributed by atoms with Crippen molar-refractivity contribution >= 4 is 22.4 Å². The number of carbonyl (C=O) groups is 1. The molecule has 0 radical (unpaired) electrons. The fraction of sp³-hybridized carbons (Fsp3) is 0.240. The van der Waals surface area contributed by atoms with Gasteiger partial charge in [0.2, 0.25) is 5.75 Å². The molecule has 6 heteroatoms. The third-order valence-corrected chi connectivity index (χ3v) is 5.00. The average Bonchev–Trinajstić information content (AvgIpc) is 2.81. The molecule has 0 heterocycles. The molecule has 0 aliphatic rings. The largest absolute Gasteiger partial charge is 0.493 e. The number of anilines is 1. The van der Waals surface area contributed by atoms with Crippen LogP contribution in [-0.2, 0) is 9.53 Å². The summed E-state index contributed by atoms with van der Waals surface area (Å²) in [5.41, 5.74) is 1.88. The van der Waals surface area contributed by atoms with Crippen molar-refractivity contribution in [2.45, 2.75) is 13.0 Å². The van der Waals surface area contributed by atoms with Crippen LogP contribution in [0.15, 0.2) is 66.7 Å². The molecule has 0 aromatic heterocycles. The first kappa shape index (κ1) is 22.0. The highest BCUT2D eigenvalue weighted by Gasteiger charge is 2.25. The van der Waals surface area contributed by atoms with Gasteiger partial charge in [0.25, 0.3) is 0 Å². The maximum atomic E-state index is 12.6. The molecule has 0 fully saturated rings. The van der Waals surface area contributed by atoms with Gasteiger partial charge >= 0.3 is 5.97 Å². The average molecular weight is 421 g/mol. The SMILES string of the molecule is C=C(C(=O)OCC)C(Nc1cc(OC)c(OC)c(OC)c1)c1cccc2ccccc12. The van der Waals surface area contributed by atoms with E-state index in [2.05, 4.69) is 11.9 Å². The fourth-order valence-corrected chi connectivity index (χ4v) is 3.53. The smallest absolute Gasteiger partial charge is 0.335 e. The number of fused-ring (bicyclic) bond motifs is 1. The van der Waals surface area contributed by atoms with Crippen LogP contribution < -0.4 is 19.5 Å². The van der Waals surface area contributed by atoms with Gasteiger partial charge in [-0.1, -0.05) is 49.0 Å². The first-order chi connectivity index (χ1) is 15.0. The molecule has 0 amide bonds. The zero-order valence-corrected chi connectivity index (χ0v) is 18.2. The van der Waals surface area contributed by atoms with E-state index in [1.165, 1.54) is 0 Å². The molecule has 1 atom stereocenters. The maximum Gasteiger partial charge on any atom is 0.335 e. The molecule has 1 N–H and O–H groups in total. The minimum absolute atomic E-state index is 0.268. The molecular formula is C25H27NO5. The van der Waals surface area contributed by atoms with E-state index in [1.54, 1.807) is 40.4 Å². The molecule has 3 aromatic carbocycles. The molecule has 0 saturated carbocycles. The predicted molar refractivity (Wildman–Crippen MR) is 122 cm³/mol. The summed E-state index contributed by atoms with van der Waals surface area (Å²) < 4.78 is 21.6. The third-order valence-electron chi connectivity index (χ3n) is 5.00. The van der Waals surface area contributed by atoms with Crippen molar-refractivity contribution in [2.24, 2.45) is 0 Å². The lowest BCUT2D eigenvalue weighted by Crippen LogP contribution is -2.20. The zero-order chi connectivity index (χ0) is 22.4. The Morgan fingerprint density at radius 3 is 2.23 bits per heavy atom. The molecule has 6 nitrogen and oxygen atoms in total. The lowest BCUT2D eigenvalue weighted by atomic mass is 9.94. The number of esters is 1. The number of hydrogen-bond donors (Lipinski definition) is 1. The number of methoxy groups -OCH3 is 3. The molecule has 0 bridgehead atoms. The molecule has 31 heavy (non-hydrogen) atoms. The molecular weight excluding hydrogens is 394 g/mol. The van der Waals surface area contributed by atoms with Crippen LogP contribution >= 0.6 is 0 Å². The van der Waals surface area contributed by atoms with Gasteiger partial charge in [-0.25, -0.2) is 4.79 Å². The van der Waals surface area contributed by atoms with Crippen LogP contribution in [0, 0.1) is 0 Å². The second-order valence-electron chi connectivity index (χ2n) is 6.81. The van der Waals surface area contributed by atoms with Gasteiger partial charge < -0.3 is 24.3 Å². The summed E-state index contributed by atoms with van der Waals surface area (Å²) >= 11 is 0. The van der Waals surface area contributed by atoms with E-state index in [9.17, 15) is 4.79 Å². The van der Waals surface area contributed by atoms with Crippen LogP contribution in [0.1, 0.15) is 18.5 Å². The third kappa shape index (κ3) is 4.58. The van der Waals surface area contributed by atoms with Crippen molar-refractivity contribution in [3.05, 3.63) is 72.3 Å². The van der Waals surface area contributed by atoms with Gasteiger partial charge in [-0.05, 0) is 23.3 Å². The summed E-state index contributed by atoms with van der Waals surface area (Å²) in [7, 11) is 4.66. The van der Waals surface area contributed by atoms with Crippen LogP contribution in [0.25, 0.3) is 10.8 Å². The van der Waals surface area contributed by atoms with E-state index in [-0.39, 0.29) is 6.61 Å². The van der Waals surface area contributed by atoms with Gasteiger partial charge in [-0.3, -0.25) is 0 Å². The van der Waals surface area contributed by atoms with Gasteiger partial charge in [0.05, 0.1) is 39.6 Å². The number of ether oxygens (including phenoxy) is 4. The lowest BCUT2D eigenvalue weighted by molar-refractivity contribution is -0.138. The van der Waals surface area contributed by atoms with Crippen molar-refractivity contribution in [3.8, 4) is 17.2 Å². The molecule has 0 spiro atoms. The maximum absolute atomic E-state index is 12.6. The summed E-state index contributed by atoms with van der Waals surface area (Å²) in [6, 6.07) is 17.0. The Hall–Kier alpha value is -3.67. The van der Waals surface area contributed by atoms with Crippen molar-refractivity contribution in [2.75, 3.05) is 33.3 Å². The predicted octanol–water partition coefficient (Wildman–Crippen LogP) is 5.14. The van der Waals surface area contributed by atoms with Crippen molar-refractivity contribution < 1.29 is 23.7 Å². The highest BCUT2D eigenvalue weighted by molar-refractivity contribution is 5.93. The topological polar surface area (TPSA) is 66.0 Å².